The van der Waals surface area contributed by atoms with Gasteiger partial charge >= 0.3 is 0 Å². The molecule has 0 bridgehead atoms. The molecule has 0 spiro atoms. The van der Waals surface area contributed by atoms with Gasteiger partial charge in [0.25, 0.3) is 5.91 Å². The first kappa shape index (κ1) is 20.3. The SMILES string of the molecule is CON(C)C(=O)[C@H](C)[C@H](O[Si](C)(C)C(C)(C)C)[C@@H](C)C=O. The predicted molar refractivity (Wildman–Crippen MR) is 86.2 cm³/mol. The summed E-state index contributed by atoms with van der Waals surface area (Å²) in [5.41, 5.74) is 0. The number of rotatable bonds is 7. The zero-order valence-electron chi connectivity index (χ0n) is 14.9. The standard InChI is InChI=1S/C15H31NO4Si/c1-11(10-17)13(12(2)14(18)16(6)19-7)20-21(8,9)15(3,4)5/h10-13H,1-9H3/t11-,12+,13+/m0/s1. The highest BCUT2D eigenvalue weighted by Gasteiger charge is 2.43. The summed E-state index contributed by atoms with van der Waals surface area (Å²) in [6.45, 7) is 14.2. The maximum Gasteiger partial charge on any atom is 0.251 e. The molecule has 0 aliphatic heterocycles. The Morgan fingerprint density at radius 1 is 1.24 bits per heavy atom. The van der Waals surface area contributed by atoms with Crippen molar-refractivity contribution in [1.29, 1.82) is 0 Å². The summed E-state index contributed by atoms with van der Waals surface area (Å²) >= 11 is 0. The minimum absolute atomic E-state index is 0.0176. The van der Waals surface area contributed by atoms with Crippen LogP contribution in [0.2, 0.25) is 18.1 Å². The third kappa shape index (κ3) is 5.20. The van der Waals surface area contributed by atoms with Gasteiger partial charge in [-0.25, -0.2) is 5.06 Å². The maximum atomic E-state index is 12.3. The molecule has 0 heterocycles. The van der Waals surface area contributed by atoms with Gasteiger partial charge in [0, 0.05) is 13.0 Å². The van der Waals surface area contributed by atoms with Gasteiger partial charge in [-0.15, -0.1) is 0 Å². The van der Waals surface area contributed by atoms with Crippen molar-refractivity contribution in [3.05, 3.63) is 0 Å². The van der Waals surface area contributed by atoms with Crippen LogP contribution in [0.15, 0.2) is 0 Å². The number of amides is 1. The summed E-state index contributed by atoms with van der Waals surface area (Å²) in [6, 6.07) is 0. The van der Waals surface area contributed by atoms with Gasteiger partial charge in [-0.1, -0.05) is 34.6 Å². The Labute approximate surface area is 130 Å². The van der Waals surface area contributed by atoms with E-state index < -0.39 is 20.3 Å². The van der Waals surface area contributed by atoms with Crippen molar-refractivity contribution in [2.45, 2.75) is 58.9 Å². The molecular weight excluding hydrogens is 286 g/mol. The van der Waals surface area contributed by atoms with Crippen molar-refractivity contribution in [2.75, 3.05) is 14.2 Å². The van der Waals surface area contributed by atoms with Gasteiger partial charge < -0.3 is 9.22 Å². The quantitative estimate of drug-likeness (QED) is 0.411. The van der Waals surface area contributed by atoms with Crippen molar-refractivity contribution >= 4 is 20.5 Å². The van der Waals surface area contributed by atoms with Crippen LogP contribution in [0.25, 0.3) is 0 Å². The number of hydroxylamine groups is 2. The summed E-state index contributed by atoms with van der Waals surface area (Å²) in [4.78, 5) is 28.5. The summed E-state index contributed by atoms with van der Waals surface area (Å²) in [5, 5.41) is 1.20. The van der Waals surface area contributed by atoms with E-state index in [1.165, 1.54) is 12.2 Å². The van der Waals surface area contributed by atoms with Gasteiger partial charge in [-0.05, 0) is 18.1 Å². The highest BCUT2D eigenvalue weighted by molar-refractivity contribution is 6.74. The van der Waals surface area contributed by atoms with Gasteiger partial charge in [0.1, 0.15) is 6.29 Å². The van der Waals surface area contributed by atoms with Crippen LogP contribution in [0, 0.1) is 11.8 Å². The zero-order valence-corrected chi connectivity index (χ0v) is 15.9. The summed E-state index contributed by atoms with van der Waals surface area (Å²) in [6.07, 6.45) is 0.419. The molecule has 21 heavy (non-hydrogen) atoms. The van der Waals surface area contributed by atoms with E-state index in [2.05, 4.69) is 33.9 Å². The molecule has 0 N–H and O–H groups in total. The maximum absolute atomic E-state index is 12.3. The summed E-state index contributed by atoms with van der Waals surface area (Å²) in [5.74, 6) is -0.970. The van der Waals surface area contributed by atoms with Crippen molar-refractivity contribution in [3.8, 4) is 0 Å². The van der Waals surface area contributed by atoms with Gasteiger partial charge in [-0.2, -0.15) is 0 Å². The fourth-order valence-corrected chi connectivity index (χ4v) is 3.23. The first-order valence-corrected chi connectivity index (χ1v) is 10.2. The zero-order chi connectivity index (χ0) is 17.0. The minimum atomic E-state index is -2.07. The van der Waals surface area contributed by atoms with Crippen molar-refractivity contribution < 1.29 is 18.9 Å². The molecule has 3 atom stereocenters. The topological polar surface area (TPSA) is 55.8 Å². The Morgan fingerprint density at radius 3 is 2.05 bits per heavy atom. The highest BCUT2D eigenvalue weighted by atomic mass is 28.4. The lowest BCUT2D eigenvalue weighted by Crippen LogP contribution is -2.50. The third-order valence-corrected chi connectivity index (χ3v) is 8.91. The fraction of sp³-hybridized carbons (Fsp3) is 0.867. The van der Waals surface area contributed by atoms with Crippen LogP contribution in [0.5, 0.6) is 0 Å². The lowest BCUT2D eigenvalue weighted by molar-refractivity contribution is -0.176. The molecule has 0 radical (unpaired) electrons. The number of carbonyl (C=O) groups excluding carboxylic acids is 2. The smallest absolute Gasteiger partial charge is 0.251 e. The monoisotopic (exact) mass is 317 g/mol. The first-order chi connectivity index (χ1) is 9.39. The Hall–Kier alpha value is -0.723. The minimum Gasteiger partial charge on any atom is -0.412 e. The molecule has 0 saturated heterocycles. The van der Waals surface area contributed by atoms with Gasteiger partial charge in [-0.3, -0.25) is 9.63 Å². The second kappa shape index (κ2) is 7.51. The molecule has 0 aromatic rings. The van der Waals surface area contributed by atoms with Crippen LogP contribution in [0.3, 0.4) is 0 Å². The Kier molecular flexibility index (Phi) is 7.25. The van der Waals surface area contributed by atoms with Gasteiger partial charge in [0.05, 0.1) is 19.1 Å². The lowest BCUT2D eigenvalue weighted by atomic mass is 9.94. The van der Waals surface area contributed by atoms with Crippen molar-refractivity contribution in [2.24, 2.45) is 11.8 Å². The van der Waals surface area contributed by atoms with E-state index in [1.54, 1.807) is 20.9 Å². The molecule has 0 aromatic heterocycles. The van der Waals surface area contributed by atoms with Crippen LogP contribution in [0.4, 0.5) is 0 Å². The Bertz CT molecular complexity index is 365. The number of nitrogens with zero attached hydrogens (tertiary/aromatic N) is 1. The second-order valence-electron chi connectivity index (χ2n) is 7.14. The average molecular weight is 318 g/mol. The summed E-state index contributed by atoms with van der Waals surface area (Å²) < 4.78 is 6.34. The molecule has 124 valence electrons. The molecular formula is C15H31NO4Si. The van der Waals surface area contributed by atoms with Gasteiger partial charge in [0.15, 0.2) is 8.32 Å². The molecule has 5 nitrogen and oxygen atoms in total. The fourth-order valence-electron chi connectivity index (χ4n) is 1.78. The van der Waals surface area contributed by atoms with Crippen LogP contribution in [-0.2, 0) is 18.9 Å². The number of aldehydes is 1. The van der Waals surface area contributed by atoms with E-state index in [4.69, 9.17) is 9.26 Å². The first-order valence-electron chi connectivity index (χ1n) is 7.33. The number of hydrogen-bond acceptors (Lipinski definition) is 4. The molecule has 0 saturated carbocycles. The second-order valence-corrected chi connectivity index (χ2v) is 11.9. The van der Waals surface area contributed by atoms with Crippen LogP contribution >= 0.6 is 0 Å². The number of hydrogen-bond donors (Lipinski definition) is 0. The number of carbonyl (C=O) groups is 2. The van der Waals surface area contributed by atoms with E-state index in [1.807, 2.05) is 0 Å². The van der Waals surface area contributed by atoms with Crippen LogP contribution in [0.1, 0.15) is 34.6 Å². The van der Waals surface area contributed by atoms with Gasteiger partial charge in [0.2, 0.25) is 0 Å². The Morgan fingerprint density at radius 2 is 1.71 bits per heavy atom. The molecule has 6 heteroatoms. The molecule has 0 rings (SSSR count). The molecule has 0 aliphatic rings. The van der Waals surface area contributed by atoms with Crippen LogP contribution < -0.4 is 0 Å². The van der Waals surface area contributed by atoms with E-state index in [-0.39, 0.29) is 16.9 Å². The normalized spacial score (nSPS) is 17.0. The average Bonchev–Trinajstić information content (AvgIpc) is 2.40. The molecule has 0 aliphatic carbocycles. The third-order valence-electron chi connectivity index (χ3n) is 4.44. The molecule has 0 fully saturated rings. The van der Waals surface area contributed by atoms with E-state index in [9.17, 15) is 9.59 Å². The lowest BCUT2D eigenvalue weighted by Gasteiger charge is -2.42. The molecule has 0 aromatic carbocycles. The predicted octanol–water partition coefficient (Wildman–Crippen LogP) is 2.87. The van der Waals surface area contributed by atoms with Crippen LogP contribution in [-0.4, -0.2) is 45.8 Å². The largest absolute Gasteiger partial charge is 0.412 e. The van der Waals surface area contributed by atoms with Crippen molar-refractivity contribution in [1.82, 2.24) is 5.06 Å². The van der Waals surface area contributed by atoms with E-state index in [0.717, 1.165) is 6.29 Å². The summed E-state index contributed by atoms with van der Waals surface area (Å²) in [7, 11) is 0.934. The Balaban J connectivity index is 5.33. The highest BCUT2D eigenvalue weighted by Crippen LogP contribution is 2.39. The molecule has 1 amide bonds. The molecule has 0 unspecified atom stereocenters. The van der Waals surface area contributed by atoms with Crippen molar-refractivity contribution in [3.63, 3.8) is 0 Å². The van der Waals surface area contributed by atoms with E-state index >= 15 is 0 Å². The van der Waals surface area contributed by atoms with E-state index in [0.29, 0.717) is 0 Å².